The lowest BCUT2D eigenvalue weighted by molar-refractivity contribution is -0.123. The third-order valence-electron chi connectivity index (χ3n) is 3.22. The van der Waals surface area contributed by atoms with Gasteiger partial charge in [-0.2, -0.15) is 0 Å². The first kappa shape index (κ1) is 15.0. The zero-order valence-corrected chi connectivity index (χ0v) is 11.9. The van der Waals surface area contributed by atoms with E-state index >= 15 is 0 Å². The van der Waals surface area contributed by atoms with Crippen LogP contribution >= 0.6 is 0 Å². The van der Waals surface area contributed by atoms with E-state index in [-0.39, 0.29) is 11.5 Å². The van der Waals surface area contributed by atoms with Crippen molar-refractivity contribution in [2.45, 2.75) is 13.0 Å². The van der Waals surface area contributed by atoms with Crippen molar-refractivity contribution in [2.75, 3.05) is 20.3 Å². The SMILES string of the molecule is COCCNC(=O)C(C)n1cnc2ccc(C(=O)O)cc21. The van der Waals surface area contributed by atoms with Gasteiger partial charge in [0.15, 0.2) is 0 Å². The minimum absolute atomic E-state index is 0.163. The van der Waals surface area contributed by atoms with Crippen molar-refractivity contribution in [3.05, 3.63) is 30.1 Å². The van der Waals surface area contributed by atoms with Crippen LogP contribution in [0.4, 0.5) is 0 Å². The number of carbonyl (C=O) groups excluding carboxylic acids is 1. The Bertz CT molecular complexity index is 665. The van der Waals surface area contributed by atoms with Crippen LogP contribution in [0.2, 0.25) is 0 Å². The molecular formula is C14H17N3O4. The standard InChI is InChI=1S/C14H17N3O4/c1-9(13(18)15-5-6-21-2)17-8-16-11-4-3-10(14(19)20)7-12(11)17/h3-4,7-9H,5-6H2,1-2H3,(H,15,18)(H,19,20). The highest BCUT2D eigenvalue weighted by Gasteiger charge is 2.17. The number of rotatable bonds is 6. The molecule has 0 aliphatic carbocycles. The molecule has 2 aromatic rings. The van der Waals surface area contributed by atoms with Gasteiger partial charge in [-0.25, -0.2) is 9.78 Å². The number of imidazole rings is 1. The fraction of sp³-hybridized carbons (Fsp3) is 0.357. The monoisotopic (exact) mass is 291 g/mol. The molecule has 21 heavy (non-hydrogen) atoms. The van der Waals surface area contributed by atoms with E-state index < -0.39 is 12.0 Å². The predicted molar refractivity (Wildman–Crippen MR) is 76.3 cm³/mol. The lowest BCUT2D eigenvalue weighted by atomic mass is 10.2. The third-order valence-corrected chi connectivity index (χ3v) is 3.22. The van der Waals surface area contributed by atoms with E-state index in [9.17, 15) is 9.59 Å². The molecule has 0 aliphatic rings. The molecule has 1 heterocycles. The lowest BCUT2D eigenvalue weighted by Gasteiger charge is -2.14. The Morgan fingerprint density at radius 3 is 2.90 bits per heavy atom. The molecule has 0 aliphatic heterocycles. The van der Waals surface area contributed by atoms with Crippen molar-refractivity contribution in [3.63, 3.8) is 0 Å². The van der Waals surface area contributed by atoms with E-state index in [0.717, 1.165) is 0 Å². The number of carboxylic acid groups (broad SMARTS) is 1. The summed E-state index contributed by atoms with van der Waals surface area (Å²) < 4.78 is 6.53. The van der Waals surface area contributed by atoms with Gasteiger partial charge in [-0.05, 0) is 25.1 Å². The second-order valence-electron chi connectivity index (χ2n) is 4.62. The van der Waals surface area contributed by atoms with Gasteiger partial charge >= 0.3 is 5.97 Å². The first-order valence-electron chi connectivity index (χ1n) is 6.51. The van der Waals surface area contributed by atoms with Gasteiger partial charge in [-0.15, -0.1) is 0 Å². The van der Waals surface area contributed by atoms with Crippen molar-refractivity contribution >= 4 is 22.9 Å². The average Bonchev–Trinajstić information content (AvgIpc) is 2.89. The van der Waals surface area contributed by atoms with E-state index in [1.54, 1.807) is 24.7 Å². The van der Waals surface area contributed by atoms with E-state index in [1.165, 1.54) is 18.5 Å². The molecular weight excluding hydrogens is 274 g/mol. The van der Waals surface area contributed by atoms with Gasteiger partial charge in [-0.3, -0.25) is 4.79 Å². The quantitative estimate of drug-likeness (QED) is 0.776. The molecule has 0 bridgehead atoms. The Balaban J connectivity index is 2.26. The Kier molecular flexibility index (Phi) is 4.54. The summed E-state index contributed by atoms with van der Waals surface area (Å²) in [6.45, 7) is 2.59. The topological polar surface area (TPSA) is 93.5 Å². The maximum absolute atomic E-state index is 12.0. The Hall–Kier alpha value is -2.41. The number of carbonyl (C=O) groups is 2. The van der Waals surface area contributed by atoms with Gasteiger partial charge in [0.25, 0.3) is 0 Å². The Morgan fingerprint density at radius 2 is 2.24 bits per heavy atom. The molecule has 1 aromatic carbocycles. The average molecular weight is 291 g/mol. The molecule has 0 fully saturated rings. The second kappa shape index (κ2) is 6.36. The maximum atomic E-state index is 12.0. The molecule has 7 nitrogen and oxygen atoms in total. The summed E-state index contributed by atoms with van der Waals surface area (Å²) in [5, 5.41) is 11.8. The van der Waals surface area contributed by atoms with Crippen molar-refractivity contribution < 1.29 is 19.4 Å². The predicted octanol–water partition coefficient (Wildman–Crippen LogP) is 1.06. The van der Waals surface area contributed by atoms with Gasteiger partial charge in [0.05, 0.1) is 29.5 Å². The molecule has 1 aromatic heterocycles. The van der Waals surface area contributed by atoms with Crippen LogP contribution in [0.25, 0.3) is 11.0 Å². The summed E-state index contributed by atoms with van der Waals surface area (Å²) in [5.41, 5.74) is 1.43. The van der Waals surface area contributed by atoms with Gasteiger partial charge in [0.1, 0.15) is 6.04 Å². The van der Waals surface area contributed by atoms with Crippen molar-refractivity contribution in [2.24, 2.45) is 0 Å². The minimum Gasteiger partial charge on any atom is -0.478 e. The van der Waals surface area contributed by atoms with Gasteiger partial charge in [-0.1, -0.05) is 0 Å². The molecule has 1 atom stereocenters. The highest BCUT2D eigenvalue weighted by Crippen LogP contribution is 2.19. The first-order valence-corrected chi connectivity index (χ1v) is 6.51. The molecule has 0 saturated carbocycles. The number of benzene rings is 1. The smallest absolute Gasteiger partial charge is 0.335 e. The first-order chi connectivity index (χ1) is 10.0. The number of aromatic nitrogens is 2. The number of amides is 1. The number of fused-ring (bicyclic) bond motifs is 1. The van der Waals surface area contributed by atoms with Crippen molar-refractivity contribution in [1.82, 2.24) is 14.9 Å². The third kappa shape index (κ3) is 3.19. The molecule has 7 heteroatoms. The van der Waals surface area contributed by atoms with Crippen molar-refractivity contribution in [3.8, 4) is 0 Å². The summed E-state index contributed by atoms with van der Waals surface area (Å²) >= 11 is 0. The van der Waals surface area contributed by atoms with Crippen LogP contribution in [0.5, 0.6) is 0 Å². The Labute approximate surface area is 121 Å². The number of methoxy groups -OCH3 is 1. The number of nitrogens with one attached hydrogen (secondary N) is 1. The number of hydrogen-bond donors (Lipinski definition) is 2. The molecule has 0 saturated heterocycles. The molecule has 1 amide bonds. The molecule has 0 spiro atoms. The van der Waals surface area contributed by atoms with Gasteiger partial charge < -0.3 is 19.7 Å². The summed E-state index contributed by atoms with van der Waals surface area (Å²) in [4.78, 5) is 27.3. The molecule has 1 unspecified atom stereocenters. The molecule has 2 N–H and O–H groups in total. The zero-order valence-electron chi connectivity index (χ0n) is 11.9. The van der Waals surface area contributed by atoms with E-state index in [2.05, 4.69) is 10.3 Å². The normalized spacial score (nSPS) is 12.3. The van der Waals surface area contributed by atoms with Crippen LogP contribution in [-0.4, -0.2) is 46.8 Å². The van der Waals surface area contributed by atoms with E-state index in [1.807, 2.05) is 0 Å². The lowest BCUT2D eigenvalue weighted by Crippen LogP contribution is -2.33. The van der Waals surface area contributed by atoms with Crippen LogP contribution in [0.15, 0.2) is 24.5 Å². The van der Waals surface area contributed by atoms with Crippen LogP contribution in [-0.2, 0) is 9.53 Å². The van der Waals surface area contributed by atoms with Crippen molar-refractivity contribution in [1.29, 1.82) is 0 Å². The highest BCUT2D eigenvalue weighted by atomic mass is 16.5. The van der Waals surface area contributed by atoms with Crippen LogP contribution < -0.4 is 5.32 Å². The molecule has 112 valence electrons. The summed E-state index contributed by atoms with van der Waals surface area (Å²) in [6, 6.07) is 4.15. The zero-order chi connectivity index (χ0) is 15.4. The Morgan fingerprint density at radius 1 is 1.48 bits per heavy atom. The van der Waals surface area contributed by atoms with Gasteiger partial charge in [0, 0.05) is 13.7 Å². The minimum atomic E-state index is -1.01. The molecule has 0 radical (unpaired) electrons. The largest absolute Gasteiger partial charge is 0.478 e. The van der Waals surface area contributed by atoms with Crippen LogP contribution in [0.3, 0.4) is 0 Å². The van der Waals surface area contributed by atoms with E-state index in [0.29, 0.717) is 24.2 Å². The van der Waals surface area contributed by atoms with Gasteiger partial charge in [0.2, 0.25) is 5.91 Å². The second-order valence-corrected chi connectivity index (χ2v) is 4.62. The fourth-order valence-corrected chi connectivity index (χ4v) is 2.02. The highest BCUT2D eigenvalue weighted by molar-refractivity contribution is 5.93. The van der Waals surface area contributed by atoms with Crippen LogP contribution in [0, 0.1) is 0 Å². The number of nitrogens with zero attached hydrogens (tertiary/aromatic N) is 2. The molecule has 2 rings (SSSR count). The number of ether oxygens (including phenoxy) is 1. The number of carboxylic acids is 1. The fourth-order valence-electron chi connectivity index (χ4n) is 2.02. The maximum Gasteiger partial charge on any atom is 0.335 e. The number of hydrogen-bond acceptors (Lipinski definition) is 4. The van der Waals surface area contributed by atoms with E-state index in [4.69, 9.17) is 9.84 Å². The van der Waals surface area contributed by atoms with Crippen LogP contribution in [0.1, 0.15) is 23.3 Å². The summed E-state index contributed by atoms with van der Waals surface area (Å²) in [6.07, 6.45) is 1.54. The number of aromatic carboxylic acids is 1. The summed E-state index contributed by atoms with van der Waals surface area (Å²) in [7, 11) is 1.56. The summed E-state index contributed by atoms with van der Waals surface area (Å²) in [5.74, 6) is -1.19.